The first-order valence-electron chi connectivity index (χ1n) is 7.50. The predicted molar refractivity (Wildman–Crippen MR) is 89.3 cm³/mol. The Balaban J connectivity index is 1.74. The lowest BCUT2D eigenvalue weighted by Gasteiger charge is -2.25. The van der Waals surface area contributed by atoms with E-state index in [0.717, 1.165) is 17.1 Å². The Kier molecular flexibility index (Phi) is 4.66. The number of thiazole rings is 1. The van der Waals surface area contributed by atoms with Crippen LogP contribution in [0.3, 0.4) is 0 Å². The van der Waals surface area contributed by atoms with Gasteiger partial charge in [-0.3, -0.25) is 5.32 Å². The topological polar surface area (TPSA) is 72.5 Å². The molecule has 2 aromatic rings. The zero-order valence-corrected chi connectivity index (χ0v) is 13.9. The van der Waals surface area contributed by atoms with Gasteiger partial charge in [0.2, 0.25) is 0 Å². The van der Waals surface area contributed by atoms with Crippen molar-refractivity contribution >= 4 is 22.5 Å². The Hall–Kier alpha value is -2.28. The Labute approximate surface area is 138 Å². The van der Waals surface area contributed by atoms with Crippen LogP contribution >= 0.6 is 11.3 Å². The Bertz CT molecular complexity index is 673. The average molecular weight is 333 g/mol. The molecule has 2 heterocycles. The molecule has 1 atom stereocenters. The molecule has 0 radical (unpaired) electrons. The Morgan fingerprint density at radius 1 is 1.26 bits per heavy atom. The van der Waals surface area contributed by atoms with Crippen LogP contribution < -0.4 is 20.1 Å². The molecule has 1 aromatic carbocycles. The van der Waals surface area contributed by atoms with Gasteiger partial charge in [0.15, 0.2) is 16.6 Å². The lowest BCUT2D eigenvalue weighted by molar-refractivity contribution is 0.171. The highest BCUT2D eigenvalue weighted by molar-refractivity contribution is 7.13. The largest absolute Gasteiger partial charge is 0.486 e. The van der Waals surface area contributed by atoms with Crippen LogP contribution in [0.4, 0.5) is 9.93 Å². The lowest BCUT2D eigenvalue weighted by Crippen LogP contribution is -2.35. The first-order valence-corrected chi connectivity index (χ1v) is 8.38. The molecule has 7 heteroatoms. The fourth-order valence-electron chi connectivity index (χ4n) is 2.45. The number of fused-ring (bicyclic) bond motifs is 1. The molecule has 2 amide bonds. The highest BCUT2D eigenvalue weighted by atomic mass is 32.1. The number of rotatable bonds is 4. The molecule has 1 aliphatic rings. The van der Waals surface area contributed by atoms with Gasteiger partial charge < -0.3 is 14.8 Å². The zero-order valence-electron chi connectivity index (χ0n) is 13.0. The van der Waals surface area contributed by atoms with E-state index in [2.05, 4.69) is 29.5 Å². The van der Waals surface area contributed by atoms with Crippen molar-refractivity contribution in [3.8, 4) is 11.5 Å². The lowest BCUT2D eigenvalue weighted by atomic mass is 9.95. The highest BCUT2D eigenvalue weighted by Crippen LogP contribution is 2.34. The molecule has 0 saturated heterocycles. The van der Waals surface area contributed by atoms with Crippen molar-refractivity contribution in [2.75, 3.05) is 18.5 Å². The van der Waals surface area contributed by atoms with E-state index < -0.39 is 0 Å². The van der Waals surface area contributed by atoms with Gasteiger partial charge in [0.1, 0.15) is 13.2 Å². The molecule has 0 bridgehead atoms. The van der Waals surface area contributed by atoms with Crippen molar-refractivity contribution in [3.05, 3.63) is 35.3 Å². The smallest absolute Gasteiger partial charge is 0.321 e. The Morgan fingerprint density at radius 3 is 2.74 bits per heavy atom. The number of amides is 2. The minimum Gasteiger partial charge on any atom is -0.486 e. The number of urea groups is 1. The molecule has 6 nitrogen and oxygen atoms in total. The molecule has 0 fully saturated rings. The van der Waals surface area contributed by atoms with Crippen LogP contribution in [-0.2, 0) is 0 Å². The molecule has 2 N–H and O–H groups in total. The van der Waals surface area contributed by atoms with Gasteiger partial charge in [-0.15, -0.1) is 11.3 Å². The number of hydrogen-bond donors (Lipinski definition) is 2. The van der Waals surface area contributed by atoms with E-state index in [-0.39, 0.29) is 18.0 Å². The van der Waals surface area contributed by atoms with Gasteiger partial charge in [-0.05, 0) is 23.6 Å². The van der Waals surface area contributed by atoms with Crippen LogP contribution in [0.15, 0.2) is 29.8 Å². The second-order valence-corrected chi connectivity index (χ2v) is 6.46. The van der Waals surface area contributed by atoms with Crippen molar-refractivity contribution < 1.29 is 14.3 Å². The minimum absolute atomic E-state index is 0.134. The van der Waals surface area contributed by atoms with Crippen molar-refractivity contribution in [3.63, 3.8) is 0 Å². The summed E-state index contributed by atoms with van der Waals surface area (Å²) in [5, 5.41) is 8.13. The van der Waals surface area contributed by atoms with E-state index in [1.165, 1.54) is 11.3 Å². The molecule has 0 aliphatic carbocycles. The maximum atomic E-state index is 12.2. The molecule has 1 aromatic heterocycles. The van der Waals surface area contributed by atoms with E-state index in [1.54, 1.807) is 6.20 Å². The maximum Gasteiger partial charge on any atom is 0.321 e. The number of carbonyl (C=O) groups excluding carboxylic acids is 1. The fourth-order valence-corrected chi connectivity index (χ4v) is 2.97. The number of nitrogens with one attached hydrogen (secondary N) is 2. The second kappa shape index (κ2) is 6.87. The van der Waals surface area contributed by atoms with Gasteiger partial charge in [0.25, 0.3) is 0 Å². The number of benzene rings is 1. The number of nitrogens with zero attached hydrogens (tertiary/aromatic N) is 1. The van der Waals surface area contributed by atoms with E-state index >= 15 is 0 Å². The van der Waals surface area contributed by atoms with Crippen LogP contribution in [0, 0.1) is 5.92 Å². The molecule has 0 saturated carbocycles. The Morgan fingerprint density at radius 2 is 2.04 bits per heavy atom. The summed E-state index contributed by atoms with van der Waals surface area (Å²) in [6, 6.07) is 5.38. The van der Waals surface area contributed by atoms with E-state index in [9.17, 15) is 4.79 Å². The number of ether oxygens (including phenoxy) is 2. The molecule has 0 spiro atoms. The standard InChI is InChI=1S/C16H19N3O3S/c1-10(2)14(18-15(20)19-16-17-5-8-23-16)11-3-4-12-13(9-11)22-7-6-21-12/h3-5,8-10,14H,6-7H2,1-2H3,(H2,17,18,19,20). The summed E-state index contributed by atoms with van der Waals surface area (Å²) in [7, 11) is 0. The predicted octanol–water partition coefficient (Wildman–Crippen LogP) is 3.43. The molecule has 122 valence electrons. The summed E-state index contributed by atoms with van der Waals surface area (Å²) < 4.78 is 11.2. The van der Waals surface area contributed by atoms with Crippen LogP contribution in [0.1, 0.15) is 25.5 Å². The van der Waals surface area contributed by atoms with Crippen molar-refractivity contribution in [1.29, 1.82) is 0 Å². The number of carbonyl (C=O) groups is 1. The van der Waals surface area contributed by atoms with Crippen molar-refractivity contribution in [2.24, 2.45) is 5.92 Å². The van der Waals surface area contributed by atoms with Crippen LogP contribution in [0.2, 0.25) is 0 Å². The summed E-state index contributed by atoms with van der Waals surface area (Å²) in [6.45, 7) is 5.23. The average Bonchev–Trinajstić information content (AvgIpc) is 3.05. The van der Waals surface area contributed by atoms with Gasteiger partial charge in [-0.25, -0.2) is 9.78 Å². The number of hydrogen-bond acceptors (Lipinski definition) is 5. The molecule has 3 rings (SSSR count). The van der Waals surface area contributed by atoms with Gasteiger partial charge in [-0.1, -0.05) is 19.9 Å². The van der Waals surface area contributed by atoms with E-state index in [0.29, 0.717) is 18.3 Å². The van der Waals surface area contributed by atoms with Crippen molar-refractivity contribution in [1.82, 2.24) is 10.3 Å². The van der Waals surface area contributed by atoms with Gasteiger partial charge in [0.05, 0.1) is 6.04 Å². The molecule has 1 unspecified atom stereocenters. The monoisotopic (exact) mass is 333 g/mol. The van der Waals surface area contributed by atoms with E-state index in [4.69, 9.17) is 9.47 Å². The quantitative estimate of drug-likeness (QED) is 0.899. The minimum atomic E-state index is -0.270. The molecule has 23 heavy (non-hydrogen) atoms. The van der Waals surface area contributed by atoms with Crippen LogP contribution in [0.25, 0.3) is 0 Å². The third-order valence-electron chi connectivity index (χ3n) is 3.53. The van der Waals surface area contributed by atoms with E-state index in [1.807, 2.05) is 23.6 Å². The van der Waals surface area contributed by atoms with Crippen LogP contribution in [0.5, 0.6) is 11.5 Å². The summed E-state index contributed by atoms with van der Waals surface area (Å²) in [4.78, 5) is 16.2. The third-order valence-corrected chi connectivity index (χ3v) is 4.22. The number of aromatic nitrogens is 1. The van der Waals surface area contributed by atoms with Gasteiger partial charge in [-0.2, -0.15) is 0 Å². The first kappa shape index (κ1) is 15.6. The number of anilines is 1. The summed E-state index contributed by atoms with van der Waals surface area (Å²) in [5.41, 5.74) is 0.985. The first-order chi connectivity index (χ1) is 11.1. The third kappa shape index (κ3) is 3.73. The van der Waals surface area contributed by atoms with Gasteiger partial charge in [0, 0.05) is 11.6 Å². The molecule has 1 aliphatic heterocycles. The summed E-state index contributed by atoms with van der Waals surface area (Å²) >= 11 is 1.38. The molecular formula is C16H19N3O3S. The summed E-state index contributed by atoms with van der Waals surface area (Å²) in [5.74, 6) is 1.69. The highest BCUT2D eigenvalue weighted by Gasteiger charge is 2.21. The summed E-state index contributed by atoms with van der Waals surface area (Å²) in [6.07, 6.45) is 1.65. The normalized spacial score (nSPS) is 14.4. The van der Waals surface area contributed by atoms with Crippen LogP contribution in [-0.4, -0.2) is 24.2 Å². The SMILES string of the molecule is CC(C)C(NC(=O)Nc1nccs1)c1ccc2c(c1)OCCO2. The van der Waals surface area contributed by atoms with Gasteiger partial charge >= 0.3 is 6.03 Å². The maximum absolute atomic E-state index is 12.2. The zero-order chi connectivity index (χ0) is 16.2. The van der Waals surface area contributed by atoms with Crippen molar-refractivity contribution in [2.45, 2.75) is 19.9 Å². The fraction of sp³-hybridized carbons (Fsp3) is 0.375. The second-order valence-electron chi connectivity index (χ2n) is 5.56. The molecular weight excluding hydrogens is 314 g/mol.